The Balaban J connectivity index is 2.33. The Morgan fingerprint density at radius 3 is 2.83 bits per heavy atom. The lowest BCUT2D eigenvalue weighted by Crippen LogP contribution is -2.38. The third-order valence-corrected chi connectivity index (χ3v) is 2.82. The smallest absolute Gasteiger partial charge is 0.258 e. The Kier molecular flexibility index (Phi) is 5.68. The molecule has 102 valence electrons. The molecule has 0 spiro atoms. The van der Waals surface area contributed by atoms with Gasteiger partial charge in [0.25, 0.3) is 5.91 Å². The van der Waals surface area contributed by atoms with E-state index in [-0.39, 0.29) is 18.6 Å². The van der Waals surface area contributed by atoms with E-state index in [2.05, 4.69) is 31.2 Å². The van der Waals surface area contributed by atoms with Crippen LogP contribution in [0.15, 0.2) is 12.4 Å². The predicted octanol–water partition coefficient (Wildman–Crippen LogP) is 1.83. The fourth-order valence-electron chi connectivity index (χ4n) is 1.38. The first kappa shape index (κ1) is 14.5. The van der Waals surface area contributed by atoms with Crippen molar-refractivity contribution in [2.75, 3.05) is 6.61 Å². The summed E-state index contributed by atoms with van der Waals surface area (Å²) in [6.07, 6.45) is 4.46. The molecule has 0 aromatic carbocycles. The lowest BCUT2D eigenvalue weighted by atomic mass is 10.1. The molecule has 0 radical (unpaired) electrons. The zero-order valence-corrected chi connectivity index (χ0v) is 11.6. The normalized spacial score (nSPS) is 12.5. The maximum absolute atomic E-state index is 11.6. The fourth-order valence-corrected chi connectivity index (χ4v) is 1.38. The lowest BCUT2D eigenvalue weighted by Gasteiger charge is -2.17. The van der Waals surface area contributed by atoms with Gasteiger partial charge in [-0.25, -0.2) is 0 Å². The third kappa shape index (κ3) is 4.77. The molecular weight excluding hydrogens is 230 g/mol. The van der Waals surface area contributed by atoms with Crippen LogP contribution in [-0.2, 0) is 11.3 Å². The summed E-state index contributed by atoms with van der Waals surface area (Å²) in [4.78, 5) is 11.6. The van der Waals surface area contributed by atoms with Gasteiger partial charge in [0, 0.05) is 12.6 Å². The van der Waals surface area contributed by atoms with Crippen molar-refractivity contribution in [3.63, 3.8) is 0 Å². The highest BCUT2D eigenvalue weighted by atomic mass is 16.5. The summed E-state index contributed by atoms with van der Waals surface area (Å²) < 4.78 is 7.19. The molecule has 1 heterocycles. The van der Waals surface area contributed by atoms with E-state index >= 15 is 0 Å². The molecule has 0 saturated carbocycles. The van der Waals surface area contributed by atoms with Crippen LogP contribution in [0, 0.1) is 5.92 Å². The van der Waals surface area contributed by atoms with Gasteiger partial charge in [-0.1, -0.05) is 20.8 Å². The second-order valence-electron chi connectivity index (χ2n) is 4.83. The molecule has 1 aromatic heterocycles. The lowest BCUT2D eigenvalue weighted by molar-refractivity contribution is -0.124. The van der Waals surface area contributed by atoms with Gasteiger partial charge in [0.05, 0.1) is 12.4 Å². The van der Waals surface area contributed by atoms with Crippen LogP contribution in [0.25, 0.3) is 0 Å². The van der Waals surface area contributed by atoms with Crippen LogP contribution in [0.1, 0.15) is 34.1 Å². The minimum atomic E-state index is -0.0977. The summed E-state index contributed by atoms with van der Waals surface area (Å²) >= 11 is 0. The van der Waals surface area contributed by atoms with Gasteiger partial charge in [0.2, 0.25) is 0 Å². The molecule has 1 aromatic rings. The van der Waals surface area contributed by atoms with Crippen molar-refractivity contribution in [3.8, 4) is 5.75 Å². The summed E-state index contributed by atoms with van der Waals surface area (Å²) in [5, 5.41) is 7.02. The summed E-state index contributed by atoms with van der Waals surface area (Å²) in [6.45, 7) is 9.11. The molecule has 5 heteroatoms. The Labute approximate surface area is 109 Å². The van der Waals surface area contributed by atoms with Crippen LogP contribution < -0.4 is 10.1 Å². The topological polar surface area (TPSA) is 56.1 Å². The summed E-state index contributed by atoms with van der Waals surface area (Å²) in [6, 6.07) is 0.156. The minimum Gasteiger partial charge on any atom is -0.480 e. The maximum atomic E-state index is 11.6. The van der Waals surface area contributed by atoms with Crippen LogP contribution in [0.2, 0.25) is 0 Å². The molecule has 0 bridgehead atoms. The molecule has 1 N–H and O–H groups in total. The average molecular weight is 253 g/mol. The number of nitrogens with zero attached hydrogens (tertiary/aromatic N) is 2. The van der Waals surface area contributed by atoms with Gasteiger partial charge >= 0.3 is 0 Å². The monoisotopic (exact) mass is 253 g/mol. The van der Waals surface area contributed by atoms with E-state index in [1.54, 1.807) is 6.20 Å². The van der Waals surface area contributed by atoms with E-state index in [0.717, 1.165) is 13.0 Å². The quantitative estimate of drug-likeness (QED) is 0.806. The number of hydrogen-bond acceptors (Lipinski definition) is 3. The third-order valence-electron chi connectivity index (χ3n) is 2.82. The van der Waals surface area contributed by atoms with Crippen LogP contribution in [0.3, 0.4) is 0 Å². The van der Waals surface area contributed by atoms with Gasteiger partial charge in [0.1, 0.15) is 0 Å². The van der Waals surface area contributed by atoms with Gasteiger partial charge in [-0.15, -0.1) is 0 Å². The minimum absolute atomic E-state index is 0.0366. The highest BCUT2D eigenvalue weighted by Gasteiger charge is 2.11. The average Bonchev–Trinajstić information content (AvgIpc) is 2.74. The molecule has 1 atom stereocenters. The Hall–Kier alpha value is -1.52. The zero-order chi connectivity index (χ0) is 13.5. The van der Waals surface area contributed by atoms with Gasteiger partial charge in [-0.2, -0.15) is 5.10 Å². The van der Waals surface area contributed by atoms with E-state index in [4.69, 9.17) is 4.74 Å². The molecule has 18 heavy (non-hydrogen) atoms. The highest BCUT2D eigenvalue weighted by molar-refractivity contribution is 5.77. The van der Waals surface area contributed by atoms with Crippen molar-refractivity contribution in [1.82, 2.24) is 15.1 Å². The molecule has 5 nitrogen and oxygen atoms in total. The number of carbonyl (C=O) groups is 1. The number of hydrogen-bond donors (Lipinski definition) is 1. The summed E-state index contributed by atoms with van der Waals surface area (Å²) in [5.41, 5.74) is 0. The number of aromatic nitrogens is 2. The maximum Gasteiger partial charge on any atom is 0.258 e. The van der Waals surface area contributed by atoms with Gasteiger partial charge < -0.3 is 10.1 Å². The highest BCUT2D eigenvalue weighted by Crippen LogP contribution is 2.08. The van der Waals surface area contributed by atoms with Crippen molar-refractivity contribution in [2.45, 2.75) is 46.7 Å². The Morgan fingerprint density at radius 1 is 1.50 bits per heavy atom. The Morgan fingerprint density at radius 2 is 2.22 bits per heavy atom. The number of amides is 1. The van der Waals surface area contributed by atoms with Crippen molar-refractivity contribution in [2.24, 2.45) is 5.92 Å². The number of nitrogens with one attached hydrogen (secondary N) is 1. The van der Waals surface area contributed by atoms with Crippen molar-refractivity contribution < 1.29 is 9.53 Å². The number of carbonyl (C=O) groups excluding carboxylic acids is 1. The van der Waals surface area contributed by atoms with Gasteiger partial charge in [-0.3, -0.25) is 9.48 Å². The van der Waals surface area contributed by atoms with Crippen LogP contribution >= 0.6 is 0 Å². The van der Waals surface area contributed by atoms with E-state index in [1.807, 2.05) is 17.8 Å². The zero-order valence-electron chi connectivity index (χ0n) is 11.6. The summed E-state index contributed by atoms with van der Waals surface area (Å²) in [7, 11) is 0. The Bertz CT molecular complexity index is 374. The standard InChI is InChI=1S/C13H23N3O2/c1-5-6-16-8-12(7-14-16)18-9-13(17)15-11(4)10(2)3/h7-8,10-11H,5-6,9H2,1-4H3,(H,15,17). The first-order valence-electron chi connectivity index (χ1n) is 6.47. The number of aryl methyl sites for hydroxylation is 1. The SMILES string of the molecule is CCCn1cc(OCC(=O)NC(C)C(C)C)cn1. The van der Waals surface area contributed by atoms with E-state index < -0.39 is 0 Å². The molecule has 0 aliphatic heterocycles. The second-order valence-corrected chi connectivity index (χ2v) is 4.83. The van der Waals surface area contributed by atoms with E-state index in [1.165, 1.54) is 0 Å². The fraction of sp³-hybridized carbons (Fsp3) is 0.692. The van der Waals surface area contributed by atoms with Crippen LogP contribution in [0.4, 0.5) is 0 Å². The van der Waals surface area contributed by atoms with Gasteiger partial charge in [-0.05, 0) is 19.3 Å². The number of ether oxygens (including phenoxy) is 1. The number of rotatable bonds is 7. The molecule has 1 unspecified atom stereocenters. The first-order valence-corrected chi connectivity index (χ1v) is 6.47. The molecule has 1 amide bonds. The van der Waals surface area contributed by atoms with Crippen molar-refractivity contribution in [1.29, 1.82) is 0 Å². The molecule has 1 rings (SSSR count). The van der Waals surface area contributed by atoms with Crippen LogP contribution in [-0.4, -0.2) is 28.3 Å². The van der Waals surface area contributed by atoms with E-state index in [9.17, 15) is 4.79 Å². The molecule has 0 aliphatic rings. The van der Waals surface area contributed by atoms with E-state index in [0.29, 0.717) is 11.7 Å². The molecule has 0 aliphatic carbocycles. The van der Waals surface area contributed by atoms with Crippen molar-refractivity contribution in [3.05, 3.63) is 12.4 Å². The second kappa shape index (κ2) is 7.03. The summed E-state index contributed by atoms with van der Waals surface area (Å²) in [5.74, 6) is 0.955. The van der Waals surface area contributed by atoms with Crippen molar-refractivity contribution >= 4 is 5.91 Å². The largest absolute Gasteiger partial charge is 0.480 e. The molecular formula is C13H23N3O2. The predicted molar refractivity (Wildman–Crippen MR) is 70.5 cm³/mol. The first-order chi connectivity index (χ1) is 8.52. The van der Waals surface area contributed by atoms with Gasteiger partial charge in [0.15, 0.2) is 12.4 Å². The molecule has 0 saturated heterocycles. The van der Waals surface area contributed by atoms with Crippen LogP contribution in [0.5, 0.6) is 5.75 Å². The molecule has 0 fully saturated rings.